The minimum atomic E-state index is -0.501. The molecule has 0 saturated heterocycles. The molecule has 0 radical (unpaired) electrons. The second-order valence-corrected chi connectivity index (χ2v) is 4.56. The number of aromatic nitrogens is 1. The highest BCUT2D eigenvalue weighted by Gasteiger charge is 2.16. The number of carbonyl (C=O) groups is 1. The van der Waals surface area contributed by atoms with Crippen molar-refractivity contribution in [2.24, 2.45) is 0 Å². The number of rotatable bonds is 4. The molecule has 0 spiro atoms. The summed E-state index contributed by atoms with van der Waals surface area (Å²) in [5, 5.41) is 17.0. The summed E-state index contributed by atoms with van der Waals surface area (Å²) in [7, 11) is 0. The molecule has 0 saturated carbocycles. The molecule has 0 unspecified atom stereocenters. The molecule has 0 bridgehead atoms. The zero-order valence-electron chi connectivity index (χ0n) is 9.71. The Labute approximate surface area is 108 Å². The van der Waals surface area contributed by atoms with E-state index in [4.69, 9.17) is 9.78 Å². The van der Waals surface area contributed by atoms with Gasteiger partial charge in [0, 0.05) is 6.07 Å². The monoisotopic (exact) mass is 261 g/mol. The Kier molecular flexibility index (Phi) is 3.75. The molecule has 2 aromatic heterocycles. The summed E-state index contributed by atoms with van der Waals surface area (Å²) in [6.07, 6.45) is 0.553. The van der Waals surface area contributed by atoms with Gasteiger partial charge >= 0.3 is 0 Å². The zero-order valence-corrected chi connectivity index (χ0v) is 10.5. The van der Waals surface area contributed by atoms with E-state index in [1.165, 1.54) is 11.3 Å². The number of carbonyl (C=O) groups excluding carboxylic acids is 1. The molecule has 0 aliphatic heterocycles. The van der Waals surface area contributed by atoms with Gasteiger partial charge in [0.1, 0.15) is 6.04 Å². The standard InChI is InChI=1S/C12H11N3O2S/c1-2-8(7-13)14-12(16)9-6-10(17-15-9)11-4-3-5-18-11/h3-6,8H,2H2,1H3,(H,14,16)/t8-/m0/s1. The van der Waals surface area contributed by atoms with E-state index in [0.717, 1.165) is 4.88 Å². The number of nitrogens with zero attached hydrogens (tertiary/aromatic N) is 2. The van der Waals surface area contributed by atoms with Crippen molar-refractivity contribution in [2.45, 2.75) is 19.4 Å². The van der Waals surface area contributed by atoms with Crippen molar-refractivity contribution < 1.29 is 9.32 Å². The van der Waals surface area contributed by atoms with Crippen LogP contribution in [0.2, 0.25) is 0 Å². The molecular weight excluding hydrogens is 250 g/mol. The highest BCUT2D eigenvalue weighted by molar-refractivity contribution is 7.13. The van der Waals surface area contributed by atoms with E-state index in [-0.39, 0.29) is 5.69 Å². The van der Waals surface area contributed by atoms with Crippen molar-refractivity contribution in [1.29, 1.82) is 5.26 Å². The first kappa shape index (κ1) is 12.3. The molecule has 1 atom stereocenters. The number of hydrogen-bond donors (Lipinski definition) is 1. The van der Waals surface area contributed by atoms with Gasteiger partial charge in [-0.15, -0.1) is 11.3 Å². The summed E-state index contributed by atoms with van der Waals surface area (Å²) >= 11 is 1.51. The first-order chi connectivity index (χ1) is 8.74. The predicted octanol–water partition coefficient (Wildman–Crippen LogP) is 2.44. The molecule has 5 nitrogen and oxygen atoms in total. The maximum absolute atomic E-state index is 11.8. The fraction of sp³-hybridized carbons (Fsp3) is 0.250. The molecule has 2 rings (SSSR count). The summed E-state index contributed by atoms with van der Waals surface area (Å²) in [5.41, 5.74) is 0.187. The van der Waals surface area contributed by atoms with Crippen LogP contribution in [0.3, 0.4) is 0 Å². The van der Waals surface area contributed by atoms with Crippen LogP contribution < -0.4 is 5.32 Å². The van der Waals surface area contributed by atoms with Crippen molar-refractivity contribution in [1.82, 2.24) is 10.5 Å². The van der Waals surface area contributed by atoms with Crippen molar-refractivity contribution in [3.8, 4) is 16.7 Å². The lowest BCUT2D eigenvalue weighted by molar-refractivity contribution is 0.0935. The van der Waals surface area contributed by atoms with E-state index in [2.05, 4.69) is 10.5 Å². The van der Waals surface area contributed by atoms with Crippen LogP contribution in [0.5, 0.6) is 0 Å². The summed E-state index contributed by atoms with van der Waals surface area (Å²) < 4.78 is 5.10. The van der Waals surface area contributed by atoms with E-state index in [9.17, 15) is 4.79 Å². The Morgan fingerprint density at radius 3 is 3.17 bits per heavy atom. The van der Waals surface area contributed by atoms with Gasteiger partial charge in [0.15, 0.2) is 11.5 Å². The Bertz CT molecular complexity index is 568. The van der Waals surface area contributed by atoms with Crippen molar-refractivity contribution in [3.05, 3.63) is 29.3 Å². The molecule has 1 N–H and O–H groups in total. The maximum Gasteiger partial charge on any atom is 0.274 e. The minimum absolute atomic E-state index is 0.187. The Morgan fingerprint density at radius 2 is 2.56 bits per heavy atom. The third-order valence-corrected chi connectivity index (χ3v) is 3.26. The lowest BCUT2D eigenvalue weighted by Crippen LogP contribution is -2.33. The van der Waals surface area contributed by atoms with Crippen LogP contribution >= 0.6 is 11.3 Å². The quantitative estimate of drug-likeness (QED) is 0.916. The van der Waals surface area contributed by atoms with Crippen LogP contribution in [0.4, 0.5) is 0 Å². The highest BCUT2D eigenvalue weighted by atomic mass is 32.1. The first-order valence-corrected chi connectivity index (χ1v) is 6.33. The van der Waals surface area contributed by atoms with Crippen molar-refractivity contribution in [3.63, 3.8) is 0 Å². The van der Waals surface area contributed by atoms with Gasteiger partial charge in [-0.2, -0.15) is 5.26 Å². The van der Waals surface area contributed by atoms with Gasteiger partial charge in [0.25, 0.3) is 5.91 Å². The predicted molar refractivity (Wildman–Crippen MR) is 67.0 cm³/mol. The highest BCUT2D eigenvalue weighted by Crippen LogP contribution is 2.25. The lowest BCUT2D eigenvalue weighted by atomic mass is 10.2. The van der Waals surface area contributed by atoms with Gasteiger partial charge in [-0.3, -0.25) is 4.79 Å². The number of nitriles is 1. The fourth-order valence-electron chi connectivity index (χ4n) is 1.37. The number of amides is 1. The van der Waals surface area contributed by atoms with Crippen molar-refractivity contribution >= 4 is 17.2 Å². The van der Waals surface area contributed by atoms with Gasteiger partial charge < -0.3 is 9.84 Å². The summed E-state index contributed by atoms with van der Waals surface area (Å²) in [6.45, 7) is 1.83. The summed E-state index contributed by atoms with van der Waals surface area (Å²) in [5.74, 6) is 0.162. The maximum atomic E-state index is 11.8. The first-order valence-electron chi connectivity index (χ1n) is 5.45. The van der Waals surface area contributed by atoms with E-state index in [0.29, 0.717) is 12.2 Å². The fourth-order valence-corrected chi connectivity index (χ4v) is 2.05. The number of nitrogens with one attached hydrogen (secondary N) is 1. The average molecular weight is 261 g/mol. The van der Waals surface area contributed by atoms with Crippen LogP contribution in [0.25, 0.3) is 10.6 Å². The van der Waals surface area contributed by atoms with Crippen LogP contribution in [0.1, 0.15) is 23.8 Å². The molecule has 0 fully saturated rings. The van der Waals surface area contributed by atoms with Crippen molar-refractivity contribution in [2.75, 3.05) is 0 Å². The molecule has 6 heteroatoms. The summed E-state index contributed by atoms with van der Waals surface area (Å²) in [6, 6.07) is 6.85. The Hall–Kier alpha value is -2.13. The van der Waals surface area contributed by atoms with Crippen LogP contribution in [-0.2, 0) is 0 Å². The molecule has 1 amide bonds. The smallest absolute Gasteiger partial charge is 0.274 e. The molecule has 0 aliphatic carbocycles. The minimum Gasteiger partial charge on any atom is -0.355 e. The van der Waals surface area contributed by atoms with E-state index < -0.39 is 11.9 Å². The van der Waals surface area contributed by atoms with Gasteiger partial charge in [0.2, 0.25) is 0 Å². The van der Waals surface area contributed by atoms with Gasteiger partial charge in [-0.25, -0.2) is 0 Å². The molecule has 2 aromatic rings. The Morgan fingerprint density at radius 1 is 1.72 bits per heavy atom. The van der Waals surface area contributed by atoms with E-state index in [1.807, 2.05) is 30.5 Å². The third-order valence-electron chi connectivity index (χ3n) is 2.38. The van der Waals surface area contributed by atoms with Crippen LogP contribution in [0.15, 0.2) is 28.1 Å². The van der Waals surface area contributed by atoms with E-state index >= 15 is 0 Å². The van der Waals surface area contributed by atoms with Crippen LogP contribution in [-0.4, -0.2) is 17.1 Å². The topological polar surface area (TPSA) is 78.9 Å². The van der Waals surface area contributed by atoms with Gasteiger partial charge in [0.05, 0.1) is 10.9 Å². The molecule has 18 heavy (non-hydrogen) atoms. The van der Waals surface area contributed by atoms with Gasteiger partial charge in [-0.05, 0) is 17.9 Å². The third kappa shape index (κ3) is 2.57. The second-order valence-electron chi connectivity index (χ2n) is 3.62. The lowest BCUT2D eigenvalue weighted by Gasteiger charge is -2.05. The van der Waals surface area contributed by atoms with Gasteiger partial charge in [-0.1, -0.05) is 18.1 Å². The van der Waals surface area contributed by atoms with Crippen LogP contribution in [0, 0.1) is 11.3 Å². The molecule has 0 aromatic carbocycles. The molecular formula is C12H11N3O2S. The molecule has 92 valence electrons. The SMILES string of the molecule is CC[C@@H](C#N)NC(=O)c1cc(-c2cccs2)on1. The molecule has 2 heterocycles. The number of thiophene rings is 1. The Balaban J connectivity index is 2.11. The summed E-state index contributed by atoms with van der Waals surface area (Å²) in [4.78, 5) is 12.7. The average Bonchev–Trinajstić information content (AvgIpc) is 3.04. The second kappa shape index (κ2) is 5.47. The number of hydrogen-bond acceptors (Lipinski definition) is 5. The largest absolute Gasteiger partial charge is 0.355 e. The zero-order chi connectivity index (χ0) is 13.0. The molecule has 0 aliphatic rings. The normalized spacial score (nSPS) is 11.8. The van der Waals surface area contributed by atoms with E-state index in [1.54, 1.807) is 6.07 Å².